The second kappa shape index (κ2) is 3.86. The molecular formula is C12H16O3S. The Hall–Kier alpha value is -0.870. The van der Waals surface area contributed by atoms with Gasteiger partial charge in [-0.2, -0.15) is 0 Å². The molecule has 1 heterocycles. The van der Waals surface area contributed by atoms with E-state index >= 15 is 0 Å². The summed E-state index contributed by atoms with van der Waals surface area (Å²) < 4.78 is 22.8. The van der Waals surface area contributed by atoms with E-state index in [2.05, 4.69) is 6.92 Å². The summed E-state index contributed by atoms with van der Waals surface area (Å²) in [4.78, 5) is 0. The summed E-state index contributed by atoms with van der Waals surface area (Å²) in [7, 11) is -3.07. The normalized spacial score (nSPS) is 28.1. The van der Waals surface area contributed by atoms with Gasteiger partial charge in [-0.25, -0.2) is 8.42 Å². The summed E-state index contributed by atoms with van der Waals surface area (Å²) in [5, 5.41) is 10.3. The molecule has 16 heavy (non-hydrogen) atoms. The topological polar surface area (TPSA) is 54.4 Å². The van der Waals surface area contributed by atoms with E-state index in [0.717, 1.165) is 6.42 Å². The van der Waals surface area contributed by atoms with Crippen molar-refractivity contribution in [2.45, 2.75) is 25.4 Å². The molecule has 3 nitrogen and oxygen atoms in total. The summed E-state index contributed by atoms with van der Waals surface area (Å²) >= 11 is 0. The van der Waals surface area contributed by atoms with E-state index in [1.54, 1.807) is 0 Å². The van der Waals surface area contributed by atoms with Gasteiger partial charge in [-0.3, -0.25) is 0 Å². The van der Waals surface area contributed by atoms with Crippen LogP contribution in [-0.4, -0.2) is 25.0 Å². The Morgan fingerprint density at radius 1 is 1.31 bits per heavy atom. The van der Waals surface area contributed by atoms with Crippen molar-refractivity contribution in [2.75, 3.05) is 11.5 Å². The smallest absolute Gasteiger partial charge is 0.153 e. The zero-order valence-corrected chi connectivity index (χ0v) is 10.1. The third kappa shape index (κ3) is 2.13. The molecule has 1 atom stereocenters. The van der Waals surface area contributed by atoms with Crippen molar-refractivity contribution < 1.29 is 13.5 Å². The number of rotatable bonds is 2. The molecule has 4 heteroatoms. The van der Waals surface area contributed by atoms with Crippen LogP contribution >= 0.6 is 0 Å². The second-order valence-electron chi connectivity index (χ2n) is 4.42. The molecule has 0 bridgehead atoms. The van der Waals surface area contributed by atoms with E-state index < -0.39 is 15.4 Å². The Morgan fingerprint density at radius 3 is 2.38 bits per heavy atom. The van der Waals surface area contributed by atoms with Gasteiger partial charge < -0.3 is 5.11 Å². The lowest BCUT2D eigenvalue weighted by Gasteiger charge is -2.21. The Balaban J connectivity index is 2.30. The first-order valence-corrected chi connectivity index (χ1v) is 7.29. The van der Waals surface area contributed by atoms with Crippen LogP contribution < -0.4 is 0 Å². The maximum atomic E-state index is 11.4. The fourth-order valence-corrected chi connectivity index (χ4v) is 3.94. The van der Waals surface area contributed by atoms with Gasteiger partial charge in [-0.15, -0.1) is 0 Å². The van der Waals surface area contributed by atoms with E-state index in [-0.39, 0.29) is 11.5 Å². The predicted octanol–water partition coefficient (Wildman–Crippen LogP) is 1.26. The van der Waals surface area contributed by atoms with Gasteiger partial charge in [-0.1, -0.05) is 31.2 Å². The first-order chi connectivity index (χ1) is 7.45. The van der Waals surface area contributed by atoms with Crippen LogP contribution in [0.15, 0.2) is 24.3 Å². The van der Waals surface area contributed by atoms with Gasteiger partial charge in [-0.05, 0) is 24.0 Å². The van der Waals surface area contributed by atoms with Gasteiger partial charge >= 0.3 is 0 Å². The molecule has 1 aromatic carbocycles. The standard InChI is InChI=1S/C12H16O3S/c1-2-10-3-5-11(6-4-10)12(13)7-8-16(14,15)9-12/h3-6,13H,2,7-9H2,1H3. The average Bonchev–Trinajstić information content (AvgIpc) is 2.54. The average molecular weight is 240 g/mol. The molecule has 1 unspecified atom stereocenters. The Bertz CT molecular complexity index is 475. The highest BCUT2D eigenvalue weighted by Gasteiger charge is 2.41. The van der Waals surface area contributed by atoms with Gasteiger partial charge in [0.05, 0.1) is 11.5 Å². The summed E-state index contributed by atoms with van der Waals surface area (Å²) in [6.45, 7) is 2.06. The SMILES string of the molecule is CCc1ccc(C2(O)CCS(=O)(=O)C2)cc1. The van der Waals surface area contributed by atoms with Crippen molar-refractivity contribution in [1.82, 2.24) is 0 Å². The Morgan fingerprint density at radius 2 is 1.94 bits per heavy atom. The lowest BCUT2D eigenvalue weighted by molar-refractivity contribution is 0.0653. The van der Waals surface area contributed by atoms with Gasteiger partial charge in [0.2, 0.25) is 0 Å². The quantitative estimate of drug-likeness (QED) is 0.846. The number of hydrogen-bond acceptors (Lipinski definition) is 3. The highest BCUT2D eigenvalue weighted by atomic mass is 32.2. The number of aryl methyl sites for hydroxylation is 1. The summed E-state index contributed by atoms with van der Waals surface area (Å²) in [5.74, 6) is -0.0650. The molecule has 0 radical (unpaired) electrons. The third-order valence-electron chi connectivity index (χ3n) is 3.18. The fraction of sp³-hybridized carbons (Fsp3) is 0.500. The predicted molar refractivity (Wildman–Crippen MR) is 63.0 cm³/mol. The minimum Gasteiger partial charge on any atom is -0.384 e. The van der Waals surface area contributed by atoms with Crippen molar-refractivity contribution >= 4 is 9.84 Å². The van der Waals surface area contributed by atoms with E-state index in [1.807, 2.05) is 24.3 Å². The minimum atomic E-state index is -3.07. The molecular weight excluding hydrogens is 224 g/mol. The maximum absolute atomic E-state index is 11.4. The van der Waals surface area contributed by atoms with Gasteiger partial charge in [0, 0.05) is 0 Å². The van der Waals surface area contributed by atoms with Gasteiger partial charge in [0.1, 0.15) is 5.60 Å². The highest BCUT2D eigenvalue weighted by Crippen LogP contribution is 2.33. The number of benzene rings is 1. The molecule has 0 saturated carbocycles. The van der Waals surface area contributed by atoms with E-state index in [1.165, 1.54) is 5.56 Å². The van der Waals surface area contributed by atoms with Crippen molar-refractivity contribution in [3.8, 4) is 0 Å². The van der Waals surface area contributed by atoms with Crippen LogP contribution in [0.5, 0.6) is 0 Å². The minimum absolute atomic E-state index is 0.0824. The number of sulfone groups is 1. The molecule has 0 spiro atoms. The third-order valence-corrected chi connectivity index (χ3v) is 4.93. The lowest BCUT2D eigenvalue weighted by atomic mass is 9.92. The van der Waals surface area contributed by atoms with Crippen LogP contribution in [-0.2, 0) is 21.9 Å². The van der Waals surface area contributed by atoms with Crippen LogP contribution in [0.3, 0.4) is 0 Å². The maximum Gasteiger partial charge on any atom is 0.153 e. The molecule has 1 aliphatic rings. The summed E-state index contributed by atoms with van der Waals surface area (Å²) in [6.07, 6.45) is 1.25. The monoisotopic (exact) mass is 240 g/mol. The van der Waals surface area contributed by atoms with Crippen molar-refractivity contribution in [1.29, 1.82) is 0 Å². The van der Waals surface area contributed by atoms with Crippen LogP contribution in [0.1, 0.15) is 24.5 Å². The number of aliphatic hydroxyl groups is 1. The highest BCUT2D eigenvalue weighted by molar-refractivity contribution is 7.91. The van der Waals surface area contributed by atoms with Crippen LogP contribution in [0.4, 0.5) is 0 Å². The molecule has 0 aromatic heterocycles. The molecule has 0 aliphatic carbocycles. The molecule has 1 aromatic rings. The van der Waals surface area contributed by atoms with Crippen LogP contribution in [0.25, 0.3) is 0 Å². The number of hydrogen-bond donors (Lipinski definition) is 1. The molecule has 1 N–H and O–H groups in total. The lowest BCUT2D eigenvalue weighted by Crippen LogP contribution is -2.26. The summed E-state index contributed by atoms with van der Waals surface area (Å²) in [5.41, 5.74) is 0.726. The Labute approximate surface area is 96.0 Å². The molecule has 88 valence electrons. The van der Waals surface area contributed by atoms with Crippen molar-refractivity contribution in [3.05, 3.63) is 35.4 Å². The molecule has 1 fully saturated rings. The van der Waals surface area contributed by atoms with Crippen molar-refractivity contribution in [2.24, 2.45) is 0 Å². The molecule has 1 aliphatic heterocycles. The van der Waals surface area contributed by atoms with Crippen LogP contribution in [0, 0.1) is 0 Å². The zero-order chi connectivity index (χ0) is 11.8. The van der Waals surface area contributed by atoms with E-state index in [4.69, 9.17) is 0 Å². The van der Waals surface area contributed by atoms with E-state index in [9.17, 15) is 13.5 Å². The molecule has 1 saturated heterocycles. The first-order valence-electron chi connectivity index (χ1n) is 5.47. The Kier molecular flexibility index (Phi) is 2.80. The first kappa shape index (κ1) is 11.6. The van der Waals surface area contributed by atoms with E-state index in [0.29, 0.717) is 12.0 Å². The second-order valence-corrected chi connectivity index (χ2v) is 6.61. The van der Waals surface area contributed by atoms with Gasteiger partial charge in [0.15, 0.2) is 9.84 Å². The zero-order valence-electron chi connectivity index (χ0n) is 9.31. The van der Waals surface area contributed by atoms with Crippen LogP contribution in [0.2, 0.25) is 0 Å². The fourth-order valence-electron chi connectivity index (χ4n) is 2.11. The van der Waals surface area contributed by atoms with Gasteiger partial charge in [0.25, 0.3) is 0 Å². The van der Waals surface area contributed by atoms with Crippen molar-refractivity contribution in [3.63, 3.8) is 0 Å². The molecule has 0 amide bonds. The summed E-state index contributed by atoms with van der Waals surface area (Å²) in [6, 6.07) is 7.55. The molecule has 2 rings (SSSR count). The largest absolute Gasteiger partial charge is 0.384 e.